The van der Waals surface area contributed by atoms with Crippen LogP contribution in [-0.2, 0) is 10.5 Å². The van der Waals surface area contributed by atoms with Crippen molar-refractivity contribution < 1.29 is 18.7 Å². The first-order chi connectivity index (χ1) is 12.5. The lowest BCUT2D eigenvalue weighted by atomic mass is 10.1. The molecule has 1 aliphatic rings. The van der Waals surface area contributed by atoms with Crippen LogP contribution in [0.15, 0.2) is 36.4 Å². The van der Waals surface area contributed by atoms with Crippen molar-refractivity contribution in [3.63, 3.8) is 0 Å². The Morgan fingerprint density at radius 1 is 1.23 bits per heavy atom. The third-order valence-electron chi connectivity index (χ3n) is 3.95. The summed E-state index contributed by atoms with van der Waals surface area (Å²) in [6.45, 7) is 2.98. The van der Waals surface area contributed by atoms with Crippen molar-refractivity contribution in [2.75, 3.05) is 19.0 Å². The molecule has 1 heterocycles. The van der Waals surface area contributed by atoms with Crippen molar-refractivity contribution in [3.05, 3.63) is 58.4 Å². The number of nitrogens with one attached hydrogen (secondary N) is 1. The third-order valence-corrected chi connectivity index (χ3v) is 5.17. The predicted octanol–water partition coefficient (Wildman–Crippen LogP) is 4.36. The molecule has 0 radical (unpaired) electrons. The summed E-state index contributed by atoms with van der Waals surface area (Å²) >= 11 is 7.09. The third kappa shape index (κ3) is 4.83. The lowest BCUT2D eigenvalue weighted by Gasteiger charge is -2.21. The number of carbonyl (C=O) groups is 1. The van der Waals surface area contributed by atoms with Gasteiger partial charge in [0.25, 0.3) is 0 Å². The first-order valence-electron chi connectivity index (χ1n) is 8.23. The normalized spacial score (nSPS) is 14.0. The van der Waals surface area contributed by atoms with Gasteiger partial charge < -0.3 is 14.8 Å². The standard InChI is InChI=1S/C19H19ClFNO3S/c1-12(13-3-5-17-18(8-13)25-7-6-24-17)22-19(23)11-26-10-14-2-4-15(20)9-16(14)21/h2-5,8-9,12H,6-7,10-11H2,1H3,(H,22,23). The zero-order chi connectivity index (χ0) is 18.5. The van der Waals surface area contributed by atoms with Gasteiger partial charge in [0.1, 0.15) is 19.0 Å². The van der Waals surface area contributed by atoms with Crippen LogP contribution >= 0.6 is 23.4 Å². The minimum absolute atomic E-state index is 0.105. The number of thioether (sulfide) groups is 1. The maximum Gasteiger partial charge on any atom is 0.230 e. The molecule has 1 amide bonds. The summed E-state index contributed by atoms with van der Waals surface area (Å²) in [5.74, 6) is 1.62. The molecule has 0 fully saturated rings. The Kier molecular flexibility index (Phi) is 6.27. The Balaban J connectivity index is 1.49. The highest BCUT2D eigenvalue weighted by molar-refractivity contribution is 7.99. The van der Waals surface area contributed by atoms with E-state index in [-0.39, 0.29) is 23.5 Å². The van der Waals surface area contributed by atoms with E-state index in [0.29, 0.717) is 35.3 Å². The number of rotatable bonds is 6. The maximum atomic E-state index is 13.7. The van der Waals surface area contributed by atoms with Crippen LogP contribution in [0.25, 0.3) is 0 Å². The monoisotopic (exact) mass is 395 g/mol. The van der Waals surface area contributed by atoms with Crippen LogP contribution in [0.1, 0.15) is 24.1 Å². The number of amides is 1. The molecule has 138 valence electrons. The van der Waals surface area contributed by atoms with Gasteiger partial charge in [0.05, 0.1) is 11.8 Å². The highest BCUT2D eigenvalue weighted by Gasteiger charge is 2.16. The predicted molar refractivity (Wildman–Crippen MR) is 102 cm³/mol. The summed E-state index contributed by atoms with van der Waals surface area (Å²) in [6, 6.07) is 10.0. The van der Waals surface area contributed by atoms with Crippen LogP contribution in [0.4, 0.5) is 4.39 Å². The molecular weight excluding hydrogens is 377 g/mol. The Morgan fingerprint density at radius 2 is 2.00 bits per heavy atom. The molecule has 2 aromatic rings. The van der Waals surface area contributed by atoms with Gasteiger partial charge in [0.2, 0.25) is 5.91 Å². The van der Waals surface area contributed by atoms with Gasteiger partial charge in [-0.15, -0.1) is 11.8 Å². The molecular formula is C19H19ClFNO3S. The molecule has 1 aliphatic heterocycles. The second kappa shape index (κ2) is 8.64. The molecule has 3 rings (SSSR count). The summed E-state index contributed by atoms with van der Waals surface area (Å²) in [7, 11) is 0. The van der Waals surface area contributed by atoms with Gasteiger partial charge in [-0.2, -0.15) is 0 Å². The van der Waals surface area contributed by atoms with E-state index >= 15 is 0 Å². The van der Waals surface area contributed by atoms with Crippen molar-refractivity contribution in [3.8, 4) is 11.5 Å². The molecule has 7 heteroatoms. The van der Waals surface area contributed by atoms with Gasteiger partial charge in [0.15, 0.2) is 11.5 Å². The molecule has 0 aliphatic carbocycles. The summed E-state index contributed by atoms with van der Waals surface area (Å²) in [5, 5.41) is 3.31. The molecule has 0 saturated carbocycles. The zero-order valence-corrected chi connectivity index (χ0v) is 15.8. The molecule has 2 aromatic carbocycles. The van der Waals surface area contributed by atoms with E-state index < -0.39 is 0 Å². The van der Waals surface area contributed by atoms with Crippen LogP contribution in [0.5, 0.6) is 11.5 Å². The van der Waals surface area contributed by atoms with Crippen molar-refractivity contribution in [2.45, 2.75) is 18.7 Å². The quantitative estimate of drug-likeness (QED) is 0.789. The fourth-order valence-electron chi connectivity index (χ4n) is 2.59. The van der Waals surface area contributed by atoms with Gasteiger partial charge in [-0.05, 0) is 42.3 Å². The highest BCUT2D eigenvalue weighted by Crippen LogP contribution is 2.32. The smallest absolute Gasteiger partial charge is 0.230 e. The second-order valence-electron chi connectivity index (χ2n) is 5.92. The number of fused-ring (bicyclic) bond motifs is 1. The Hall–Kier alpha value is -1.92. The van der Waals surface area contributed by atoms with Crippen molar-refractivity contribution >= 4 is 29.3 Å². The zero-order valence-electron chi connectivity index (χ0n) is 14.3. The van der Waals surface area contributed by atoms with Crippen molar-refractivity contribution in [1.29, 1.82) is 0 Å². The summed E-state index contributed by atoms with van der Waals surface area (Å²) < 4.78 is 24.8. The fraction of sp³-hybridized carbons (Fsp3) is 0.316. The summed E-state index contributed by atoms with van der Waals surface area (Å²) in [4.78, 5) is 12.1. The summed E-state index contributed by atoms with van der Waals surface area (Å²) in [5.41, 5.74) is 1.48. The lowest BCUT2D eigenvalue weighted by Crippen LogP contribution is -2.28. The Morgan fingerprint density at radius 3 is 2.77 bits per heavy atom. The first-order valence-corrected chi connectivity index (χ1v) is 9.77. The van der Waals surface area contributed by atoms with Gasteiger partial charge in [-0.25, -0.2) is 4.39 Å². The number of hydrogen-bond acceptors (Lipinski definition) is 4. The molecule has 1 N–H and O–H groups in total. The number of hydrogen-bond donors (Lipinski definition) is 1. The minimum atomic E-state index is -0.352. The van der Waals surface area contributed by atoms with Crippen LogP contribution in [0.3, 0.4) is 0 Å². The van der Waals surface area contributed by atoms with Crippen LogP contribution in [0, 0.1) is 5.82 Å². The minimum Gasteiger partial charge on any atom is -0.486 e. The molecule has 1 atom stereocenters. The van der Waals surface area contributed by atoms with E-state index in [2.05, 4.69) is 5.32 Å². The molecule has 0 saturated heterocycles. The van der Waals surface area contributed by atoms with Crippen LogP contribution in [0.2, 0.25) is 5.02 Å². The van der Waals surface area contributed by atoms with Gasteiger partial charge >= 0.3 is 0 Å². The van der Waals surface area contributed by atoms with E-state index in [1.54, 1.807) is 12.1 Å². The van der Waals surface area contributed by atoms with Crippen molar-refractivity contribution in [1.82, 2.24) is 5.32 Å². The maximum absolute atomic E-state index is 13.7. The average molecular weight is 396 g/mol. The second-order valence-corrected chi connectivity index (χ2v) is 7.34. The Bertz CT molecular complexity index is 802. The number of carbonyl (C=O) groups excluding carboxylic acids is 1. The van der Waals surface area contributed by atoms with E-state index in [4.69, 9.17) is 21.1 Å². The fourth-order valence-corrected chi connectivity index (χ4v) is 3.57. The van der Waals surface area contributed by atoms with E-state index in [1.165, 1.54) is 17.8 Å². The molecule has 26 heavy (non-hydrogen) atoms. The van der Waals surface area contributed by atoms with Gasteiger partial charge in [-0.1, -0.05) is 23.7 Å². The topological polar surface area (TPSA) is 47.6 Å². The molecule has 0 bridgehead atoms. The number of halogens is 2. The molecule has 4 nitrogen and oxygen atoms in total. The lowest BCUT2D eigenvalue weighted by molar-refractivity contribution is -0.119. The van der Waals surface area contributed by atoms with Crippen LogP contribution in [-0.4, -0.2) is 24.9 Å². The van der Waals surface area contributed by atoms with E-state index in [1.807, 2.05) is 25.1 Å². The molecule has 0 aromatic heterocycles. The average Bonchev–Trinajstić information content (AvgIpc) is 2.63. The summed E-state index contributed by atoms with van der Waals surface area (Å²) in [6.07, 6.45) is 0. The number of ether oxygens (including phenoxy) is 2. The Labute approximate surface area is 161 Å². The molecule has 0 spiro atoms. The van der Waals surface area contributed by atoms with E-state index in [9.17, 15) is 9.18 Å². The molecule has 1 unspecified atom stereocenters. The van der Waals surface area contributed by atoms with Crippen molar-refractivity contribution in [2.24, 2.45) is 0 Å². The van der Waals surface area contributed by atoms with E-state index in [0.717, 1.165) is 11.3 Å². The van der Waals surface area contributed by atoms with Gasteiger partial charge in [-0.3, -0.25) is 4.79 Å². The largest absolute Gasteiger partial charge is 0.486 e. The van der Waals surface area contributed by atoms with Gasteiger partial charge in [0, 0.05) is 10.8 Å². The SMILES string of the molecule is CC(NC(=O)CSCc1ccc(Cl)cc1F)c1ccc2c(c1)OCCO2. The number of benzene rings is 2. The van der Waals surface area contributed by atoms with Crippen LogP contribution < -0.4 is 14.8 Å². The highest BCUT2D eigenvalue weighted by atomic mass is 35.5. The first kappa shape index (κ1) is 18.9.